The average Bonchev–Trinajstić information content (AvgIpc) is 2.47. The molecule has 0 aromatic heterocycles. The zero-order valence-corrected chi connectivity index (χ0v) is 11.3. The van der Waals surface area contributed by atoms with Crippen molar-refractivity contribution >= 4 is 11.6 Å². The summed E-state index contributed by atoms with van der Waals surface area (Å²) < 4.78 is 18.6. The van der Waals surface area contributed by atoms with Gasteiger partial charge in [-0.05, 0) is 18.2 Å². The van der Waals surface area contributed by atoms with Crippen LogP contribution in [0.2, 0.25) is 5.02 Å². The molecule has 0 heterocycles. The molecule has 0 saturated heterocycles. The van der Waals surface area contributed by atoms with Gasteiger partial charge in [0.15, 0.2) is 0 Å². The van der Waals surface area contributed by atoms with Crippen LogP contribution in [-0.2, 0) is 6.61 Å². The Labute approximate surface area is 121 Å². The molecule has 2 aromatic carbocycles. The quantitative estimate of drug-likeness (QED) is 0.878. The van der Waals surface area contributed by atoms with Crippen LogP contribution in [0.3, 0.4) is 0 Å². The largest absolute Gasteiger partial charge is 0.489 e. The van der Waals surface area contributed by atoms with Gasteiger partial charge in [0, 0.05) is 17.2 Å². The minimum atomic E-state index is -0.478. The number of hydrogen-bond donors (Lipinski definition) is 1. The predicted octanol–water partition coefficient (Wildman–Crippen LogP) is 3.40. The molecule has 2 aromatic rings. The van der Waals surface area contributed by atoms with Gasteiger partial charge >= 0.3 is 0 Å². The molecule has 2 nitrogen and oxygen atoms in total. The Balaban J connectivity index is 2.12. The van der Waals surface area contributed by atoms with Crippen molar-refractivity contribution in [1.82, 2.24) is 0 Å². The SMILES string of the molecule is OCC#Cc1ccccc1COc1ccc(F)c(Cl)c1. The maximum atomic E-state index is 13.0. The van der Waals surface area contributed by atoms with Gasteiger partial charge in [-0.1, -0.05) is 41.6 Å². The van der Waals surface area contributed by atoms with Gasteiger partial charge < -0.3 is 9.84 Å². The molecule has 0 unspecified atom stereocenters. The van der Waals surface area contributed by atoms with E-state index in [1.165, 1.54) is 18.2 Å². The number of hydrogen-bond acceptors (Lipinski definition) is 2. The number of aliphatic hydroxyl groups excluding tert-OH is 1. The first-order valence-corrected chi connectivity index (χ1v) is 6.34. The first-order valence-electron chi connectivity index (χ1n) is 5.96. The first kappa shape index (κ1) is 14.4. The molecule has 102 valence electrons. The Bertz CT molecular complexity index is 659. The number of ether oxygens (including phenoxy) is 1. The van der Waals surface area contributed by atoms with E-state index < -0.39 is 5.82 Å². The first-order chi connectivity index (χ1) is 9.70. The van der Waals surface area contributed by atoms with E-state index in [0.29, 0.717) is 5.75 Å². The van der Waals surface area contributed by atoms with Crippen LogP contribution in [-0.4, -0.2) is 11.7 Å². The lowest BCUT2D eigenvalue weighted by Gasteiger charge is -2.08. The van der Waals surface area contributed by atoms with Crippen LogP contribution >= 0.6 is 11.6 Å². The molecule has 2 rings (SSSR count). The fourth-order valence-corrected chi connectivity index (χ4v) is 1.80. The van der Waals surface area contributed by atoms with E-state index in [9.17, 15) is 4.39 Å². The molecule has 0 aliphatic heterocycles. The molecule has 0 saturated carbocycles. The highest BCUT2D eigenvalue weighted by Crippen LogP contribution is 2.22. The zero-order chi connectivity index (χ0) is 14.4. The van der Waals surface area contributed by atoms with E-state index in [4.69, 9.17) is 21.4 Å². The Morgan fingerprint density at radius 2 is 2.00 bits per heavy atom. The molecule has 20 heavy (non-hydrogen) atoms. The van der Waals surface area contributed by atoms with Gasteiger partial charge in [0.25, 0.3) is 0 Å². The highest BCUT2D eigenvalue weighted by molar-refractivity contribution is 6.30. The van der Waals surface area contributed by atoms with Crippen molar-refractivity contribution in [3.63, 3.8) is 0 Å². The molecular formula is C16H12ClFO2. The van der Waals surface area contributed by atoms with Crippen LogP contribution in [0.25, 0.3) is 0 Å². The van der Waals surface area contributed by atoms with E-state index in [0.717, 1.165) is 11.1 Å². The van der Waals surface area contributed by atoms with E-state index in [1.54, 1.807) is 0 Å². The van der Waals surface area contributed by atoms with Crippen molar-refractivity contribution in [1.29, 1.82) is 0 Å². The van der Waals surface area contributed by atoms with Crippen molar-refractivity contribution in [3.05, 3.63) is 64.4 Å². The molecule has 4 heteroatoms. The van der Waals surface area contributed by atoms with Gasteiger partial charge in [-0.25, -0.2) is 4.39 Å². The summed E-state index contributed by atoms with van der Waals surface area (Å²) in [5.74, 6) is 5.46. The van der Waals surface area contributed by atoms with Crippen molar-refractivity contribution in [2.45, 2.75) is 6.61 Å². The normalized spacial score (nSPS) is 9.75. The standard InChI is InChI=1S/C16H12ClFO2/c17-15-10-14(7-8-16(15)18)20-11-13-5-2-1-4-12(13)6-3-9-19/h1-2,4-5,7-8,10,19H,9,11H2. The third kappa shape index (κ3) is 3.74. The average molecular weight is 291 g/mol. The lowest BCUT2D eigenvalue weighted by Crippen LogP contribution is -1.98. The highest BCUT2D eigenvalue weighted by atomic mass is 35.5. The number of aliphatic hydroxyl groups is 1. The Hall–Kier alpha value is -2.02. The van der Waals surface area contributed by atoms with Crippen LogP contribution in [0.4, 0.5) is 4.39 Å². The van der Waals surface area contributed by atoms with Gasteiger partial charge in [-0.2, -0.15) is 0 Å². The van der Waals surface area contributed by atoms with Gasteiger partial charge in [-0.3, -0.25) is 0 Å². The fourth-order valence-electron chi connectivity index (χ4n) is 1.63. The zero-order valence-electron chi connectivity index (χ0n) is 10.6. The topological polar surface area (TPSA) is 29.5 Å². The molecule has 0 fully saturated rings. The molecule has 0 atom stereocenters. The number of halogens is 2. The summed E-state index contributed by atoms with van der Waals surface area (Å²) in [7, 11) is 0. The summed E-state index contributed by atoms with van der Waals surface area (Å²) in [6, 6.07) is 11.7. The third-order valence-electron chi connectivity index (χ3n) is 2.60. The molecule has 0 amide bonds. The lowest BCUT2D eigenvalue weighted by atomic mass is 10.1. The number of rotatable bonds is 3. The van der Waals surface area contributed by atoms with Crippen LogP contribution in [0.1, 0.15) is 11.1 Å². The van der Waals surface area contributed by atoms with E-state index in [2.05, 4.69) is 11.8 Å². The van der Waals surface area contributed by atoms with Gasteiger partial charge in [0.2, 0.25) is 0 Å². The minimum Gasteiger partial charge on any atom is -0.489 e. The summed E-state index contributed by atoms with van der Waals surface area (Å²) in [5.41, 5.74) is 1.67. The fraction of sp³-hybridized carbons (Fsp3) is 0.125. The lowest BCUT2D eigenvalue weighted by molar-refractivity contribution is 0.305. The van der Waals surface area contributed by atoms with Gasteiger partial charge in [0.05, 0.1) is 5.02 Å². The third-order valence-corrected chi connectivity index (χ3v) is 2.89. The monoisotopic (exact) mass is 290 g/mol. The van der Waals surface area contributed by atoms with Crippen molar-refractivity contribution in [2.75, 3.05) is 6.61 Å². The van der Waals surface area contributed by atoms with Crippen LogP contribution in [0.5, 0.6) is 5.75 Å². The summed E-state index contributed by atoms with van der Waals surface area (Å²) in [5, 5.41) is 8.75. The van der Waals surface area contributed by atoms with E-state index in [1.807, 2.05) is 24.3 Å². The van der Waals surface area contributed by atoms with Gasteiger partial charge in [0.1, 0.15) is 24.8 Å². The maximum Gasteiger partial charge on any atom is 0.142 e. The van der Waals surface area contributed by atoms with Crippen molar-refractivity contribution < 1.29 is 14.2 Å². The molecule has 0 aliphatic carbocycles. The second-order valence-corrected chi connectivity index (χ2v) is 4.39. The summed E-state index contributed by atoms with van der Waals surface area (Å²) >= 11 is 5.69. The Kier molecular flexibility index (Phi) is 5.00. The predicted molar refractivity (Wildman–Crippen MR) is 76.1 cm³/mol. The molecule has 0 aliphatic rings. The summed E-state index contributed by atoms with van der Waals surface area (Å²) in [6.07, 6.45) is 0. The molecule has 0 spiro atoms. The maximum absolute atomic E-state index is 13.0. The molecular weight excluding hydrogens is 279 g/mol. The van der Waals surface area contributed by atoms with Crippen LogP contribution in [0.15, 0.2) is 42.5 Å². The second kappa shape index (κ2) is 6.95. The smallest absolute Gasteiger partial charge is 0.142 e. The van der Waals surface area contributed by atoms with Crippen molar-refractivity contribution in [2.24, 2.45) is 0 Å². The van der Waals surface area contributed by atoms with E-state index >= 15 is 0 Å². The van der Waals surface area contributed by atoms with E-state index in [-0.39, 0.29) is 18.2 Å². The minimum absolute atomic E-state index is 0.0239. The second-order valence-electron chi connectivity index (χ2n) is 3.98. The summed E-state index contributed by atoms with van der Waals surface area (Å²) in [6.45, 7) is 0.0982. The Morgan fingerprint density at radius 1 is 1.20 bits per heavy atom. The van der Waals surface area contributed by atoms with Crippen LogP contribution in [0, 0.1) is 17.7 Å². The van der Waals surface area contributed by atoms with Gasteiger partial charge in [-0.15, -0.1) is 0 Å². The highest BCUT2D eigenvalue weighted by Gasteiger charge is 2.04. The number of benzene rings is 2. The summed E-state index contributed by atoms with van der Waals surface area (Å²) in [4.78, 5) is 0. The molecule has 0 bridgehead atoms. The van der Waals surface area contributed by atoms with Crippen molar-refractivity contribution in [3.8, 4) is 17.6 Å². The molecule has 0 radical (unpaired) electrons. The Morgan fingerprint density at radius 3 is 2.75 bits per heavy atom. The molecule has 1 N–H and O–H groups in total. The van der Waals surface area contributed by atoms with Crippen LogP contribution < -0.4 is 4.74 Å².